The van der Waals surface area contributed by atoms with Crippen LogP contribution >= 0.6 is 11.8 Å². The smallest absolute Gasteiger partial charge is 0.413 e. The number of anilines is 1. The topological polar surface area (TPSA) is 73.3 Å². The Morgan fingerprint density at radius 3 is 2.56 bits per heavy atom. The zero-order valence-corrected chi connectivity index (χ0v) is 11.9. The van der Waals surface area contributed by atoms with E-state index in [1.54, 1.807) is 26.8 Å². The molecule has 1 amide bonds. The molecule has 0 bridgehead atoms. The number of carbonyl (C=O) groups excluding carboxylic acids is 1. The second-order valence-corrected chi connectivity index (χ2v) is 5.23. The van der Waals surface area contributed by atoms with Crippen LogP contribution in [0.2, 0.25) is 0 Å². The van der Waals surface area contributed by atoms with E-state index in [1.165, 1.54) is 18.9 Å². The fourth-order valence-electron chi connectivity index (χ4n) is 1.12. The first-order valence-corrected chi connectivity index (χ1v) is 6.54. The Morgan fingerprint density at radius 1 is 1.39 bits per heavy atom. The maximum atomic E-state index is 11.5. The molecule has 0 radical (unpaired) electrons. The van der Waals surface area contributed by atoms with Gasteiger partial charge in [-0.2, -0.15) is 0 Å². The molecule has 1 heterocycles. The predicted molar refractivity (Wildman–Crippen MR) is 70.2 cm³/mol. The van der Waals surface area contributed by atoms with Crippen molar-refractivity contribution in [2.45, 2.75) is 31.4 Å². The molecule has 0 saturated heterocycles. The van der Waals surface area contributed by atoms with Gasteiger partial charge in [0.05, 0.1) is 7.11 Å². The molecule has 7 heteroatoms. The first kappa shape index (κ1) is 14.6. The van der Waals surface area contributed by atoms with Crippen LogP contribution < -0.4 is 10.1 Å². The van der Waals surface area contributed by atoms with Crippen LogP contribution in [0.5, 0.6) is 5.75 Å². The fourth-order valence-corrected chi connectivity index (χ4v) is 1.59. The summed E-state index contributed by atoms with van der Waals surface area (Å²) in [5.74, 6) is 0.849. The molecule has 0 aliphatic rings. The van der Waals surface area contributed by atoms with Gasteiger partial charge in [0.1, 0.15) is 5.60 Å². The van der Waals surface area contributed by atoms with E-state index in [4.69, 9.17) is 9.47 Å². The van der Waals surface area contributed by atoms with Crippen LogP contribution in [0.1, 0.15) is 20.8 Å². The third-order valence-electron chi connectivity index (χ3n) is 1.77. The van der Waals surface area contributed by atoms with Crippen LogP contribution in [-0.4, -0.2) is 35.3 Å². The number of methoxy groups -OCH3 is 1. The van der Waals surface area contributed by atoms with Gasteiger partial charge in [-0.25, -0.2) is 4.79 Å². The summed E-state index contributed by atoms with van der Waals surface area (Å²) in [5, 5.41) is 11.0. The van der Waals surface area contributed by atoms with E-state index in [0.29, 0.717) is 16.6 Å². The van der Waals surface area contributed by atoms with Crippen molar-refractivity contribution in [2.24, 2.45) is 0 Å². The summed E-state index contributed by atoms with van der Waals surface area (Å²) in [7, 11) is 1.54. The van der Waals surface area contributed by atoms with Crippen molar-refractivity contribution in [1.82, 2.24) is 10.2 Å². The quantitative estimate of drug-likeness (QED) is 0.852. The SMILES string of the molecule is COc1cc(NC(=O)OC(C)(C)C)nnc1SC. The molecule has 1 rings (SSSR count). The highest BCUT2D eigenvalue weighted by Crippen LogP contribution is 2.26. The van der Waals surface area contributed by atoms with Crippen LogP contribution in [0.15, 0.2) is 11.1 Å². The molecule has 18 heavy (non-hydrogen) atoms. The molecule has 0 aromatic carbocycles. The van der Waals surface area contributed by atoms with Crippen molar-refractivity contribution in [3.05, 3.63) is 6.07 Å². The van der Waals surface area contributed by atoms with Crippen molar-refractivity contribution >= 4 is 23.7 Å². The van der Waals surface area contributed by atoms with Gasteiger partial charge in [0.2, 0.25) is 0 Å². The van der Waals surface area contributed by atoms with Gasteiger partial charge in [-0.1, -0.05) is 0 Å². The zero-order chi connectivity index (χ0) is 13.8. The number of nitrogens with one attached hydrogen (secondary N) is 1. The number of amides is 1. The second kappa shape index (κ2) is 5.90. The Hall–Kier alpha value is -1.50. The molecule has 1 N–H and O–H groups in total. The Morgan fingerprint density at radius 2 is 2.06 bits per heavy atom. The van der Waals surface area contributed by atoms with E-state index in [0.717, 1.165) is 0 Å². The summed E-state index contributed by atoms with van der Waals surface area (Å²) in [6.07, 6.45) is 1.30. The predicted octanol–water partition coefficient (Wildman–Crippen LogP) is 2.55. The Labute approximate surface area is 110 Å². The maximum absolute atomic E-state index is 11.5. The molecule has 1 aromatic heterocycles. The summed E-state index contributed by atoms with van der Waals surface area (Å²) in [5.41, 5.74) is -0.555. The van der Waals surface area contributed by atoms with Crippen molar-refractivity contribution in [1.29, 1.82) is 0 Å². The minimum absolute atomic E-state index is 0.291. The number of aromatic nitrogens is 2. The van der Waals surface area contributed by atoms with Crippen LogP contribution in [0.3, 0.4) is 0 Å². The molecule has 1 aromatic rings. The fraction of sp³-hybridized carbons (Fsp3) is 0.545. The van der Waals surface area contributed by atoms with Gasteiger partial charge in [-0.15, -0.1) is 22.0 Å². The molecule has 0 saturated carbocycles. The van der Waals surface area contributed by atoms with Gasteiger partial charge >= 0.3 is 6.09 Å². The first-order chi connectivity index (χ1) is 8.35. The number of hydrogen-bond donors (Lipinski definition) is 1. The average molecular weight is 271 g/mol. The third kappa shape index (κ3) is 4.40. The van der Waals surface area contributed by atoms with Crippen molar-refractivity contribution in [3.8, 4) is 5.75 Å². The summed E-state index contributed by atoms with van der Waals surface area (Å²) < 4.78 is 10.3. The second-order valence-electron chi connectivity index (χ2n) is 4.43. The molecular formula is C11H17N3O3S. The van der Waals surface area contributed by atoms with E-state index in [1.807, 2.05) is 6.26 Å². The Kier molecular flexibility index (Phi) is 4.77. The lowest BCUT2D eigenvalue weighted by Gasteiger charge is -2.19. The minimum Gasteiger partial charge on any atom is -0.494 e. The molecular weight excluding hydrogens is 254 g/mol. The molecule has 0 unspecified atom stereocenters. The van der Waals surface area contributed by atoms with Crippen molar-refractivity contribution in [2.75, 3.05) is 18.7 Å². The van der Waals surface area contributed by atoms with Crippen LogP contribution in [0, 0.1) is 0 Å². The highest BCUT2D eigenvalue weighted by Gasteiger charge is 2.17. The normalized spacial score (nSPS) is 10.9. The number of hydrogen-bond acceptors (Lipinski definition) is 6. The van der Waals surface area contributed by atoms with Gasteiger partial charge < -0.3 is 9.47 Å². The average Bonchev–Trinajstić information content (AvgIpc) is 2.26. The standard InChI is InChI=1S/C11H17N3O3S/c1-11(2,3)17-10(15)12-8-6-7(16-4)9(18-5)14-13-8/h6H,1-5H3,(H,12,13,15). The van der Waals surface area contributed by atoms with Crippen molar-refractivity contribution in [3.63, 3.8) is 0 Å². The van der Waals surface area contributed by atoms with E-state index in [9.17, 15) is 4.79 Å². The highest BCUT2D eigenvalue weighted by molar-refractivity contribution is 7.98. The lowest BCUT2D eigenvalue weighted by atomic mass is 10.2. The van der Waals surface area contributed by atoms with Crippen LogP contribution in [-0.2, 0) is 4.74 Å². The lowest BCUT2D eigenvalue weighted by Crippen LogP contribution is -2.27. The van der Waals surface area contributed by atoms with Crippen molar-refractivity contribution < 1.29 is 14.3 Å². The van der Waals surface area contributed by atoms with Crippen LogP contribution in [0.25, 0.3) is 0 Å². The maximum Gasteiger partial charge on any atom is 0.413 e. The molecule has 0 spiro atoms. The molecule has 0 fully saturated rings. The van der Waals surface area contributed by atoms with Gasteiger partial charge in [0.15, 0.2) is 16.6 Å². The van der Waals surface area contributed by atoms with E-state index >= 15 is 0 Å². The highest BCUT2D eigenvalue weighted by atomic mass is 32.2. The van der Waals surface area contributed by atoms with Crippen LogP contribution in [0.4, 0.5) is 10.6 Å². The number of nitrogens with zero attached hydrogens (tertiary/aromatic N) is 2. The molecule has 0 atom stereocenters. The monoisotopic (exact) mass is 271 g/mol. The van der Waals surface area contributed by atoms with E-state index in [-0.39, 0.29) is 0 Å². The van der Waals surface area contributed by atoms with Gasteiger partial charge in [0, 0.05) is 6.07 Å². The zero-order valence-electron chi connectivity index (χ0n) is 11.1. The largest absolute Gasteiger partial charge is 0.494 e. The summed E-state index contributed by atoms with van der Waals surface area (Å²) in [4.78, 5) is 11.5. The van der Waals surface area contributed by atoms with Gasteiger partial charge in [0.25, 0.3) is 0 Å². The molecule has 6 nitrogen and oxygen atoms in total. The number of carbonyl (C=O) groups is 1. The number of ether oxygens (including phenoxy) is 2. The molecule has 100 valence electrons. The lowest BCUT2D eigenvalue weighted by molar-refractivity contribution is 0.0635. The number of rotatable bonds is 3. The molecule has 0 aliphatic carbocycles. The summed E-state index contributed by atoms with van der Waals surface area (Å²) in [6.45, 7) is 5.36. The molecule has 0 aliphatic heterocycles. The summed E-state index contributed by atoms with van der Waals surface area (Å²) in [6, 6.07) is 1.60. The van der Waals surface area contributed by atoms with Gasteiger partial charge in [-0.3, -0.25) is 5.32 Å². The Bertz CT molecular complexity index is 432. The third-order valence-corrected chi connectivity index (χ3v) is 2.44. The van der Waals surface area contributed by atoms with Gasteiger partial charge in [-0.05, 0) is 27.0 Å². The summed E-state index contributed by atoms with van der Waals surface area (Å²) >= 11 is 1.42. The minimum atomic E-state index is -0.573. The van der Waals surface area contributed by atoms with E-state index in [2.05, 4.69) is 15.5 Å². The van der Waals surface area contributed by atoms with E-state index < -0.39 is 11.7 Å². The first-order valence-electron chi connectivity index (χ1n) is 5.31. The Balaban J connectivity index is 2.76. The number of thioether (sulfide) groups is 1.